The summed E-state index contributed by atoms with van der Waals surface area (Å²) in [5, 5.41) is 0.519. The van der Waals surface area contributed by atoms with E-state index in [1.165, 1.54) is 14.2 Å². The minimum Gasteiger partial charge on any atom is -0.465 e. The summed E-state index contributed by atoms with van der Waals surface area (Å²) in [6.45, 7) is 0. The molecule has 4 N–H and O–H groups in total. The molecule has 0 aliphatic carbocycles. The average molecular weight is 286 g/mol. The van der Waals surface area contributed by atoms with Crippen LogP contribution in [0.4, 0.5) is 11.4 Å². The van der Waals surface area contributed by atoms with Crippen LogP contribution in [0.15, 0.2) is 0 Å². The van der Waals surface area contributed by atoms with E-state index in [9.17, 15) is 9.59 Å². The zero-order valence-electron chi connectivity index (χ0n) is 9.60. The van der Waals surface area contributed by atoms with Crippen molar-refractivity contribution in [2.75, 3.05) is 25.7 Å². The normalized spacial score (nSPS) is 10.6. The number of ether oxygens (including phenoxy) is 2. The Bertz CT molecular complexity index is 592. The fourth-order valence-electron chi connectivity index (χ4n) is 1.50. The van der Waals surface area contributed by atoms with E-state index < -0.39 is 11.9 Å². The number of hydrogen-bond acceptors (Lipinski definition) is 8. The van der Waals surface area contributed by atoms with Crippen LogP contribution in [0, 0.1) is 0 Å². The smallest absolute Gasteiger partial charge is 0.350 e. The Morgan fingerprint density at radius 1 is 0.944 bits per heavy atom. The summed E-state index contributed by atoms with van der Waals surface area (Å²) < 4.78 is 9.94. The maximum atomic E-state index is 11.5. The van der Waals surface area contributed by atoms with Crippen LogP contribution in [-0.2, 0) is 9.47 Å². The lowest BCUT2D eigenvalue weighted by molar-refractivity contribution is 0.0599. The van der Waals surface area contributed by atoms with Gasteiger partial charge in [-0.05, 0) is 0 Å². The third-order valence-corrected chi connectivity index (χ3v) is 4.82. The number of anilines is 2. The van der Waals surface area contributed by atoms with E-state index in [-0.39, 0.29) is 11.4 Å². The monoisotopic (exact) mass is 286 g/mol. The van der Waals surface area contributed by atoms with Crippen LogP contribution in [0.1, 0.15) is 19.3 Å². The second-order valence-electron chi connectivity index (χ2n) is 3.34. The molecule has 6 nitrogen and oxygen atoms in total. The van der Waals surface area contributed by atoms with Gasteiger partial charge in [-0.1, -0.05) is 0 Å². The molecule has 2 rings (SSSR count). The minimum absolute atomic E-state index is 0.241. The number of methoxy groups -OCH3 is 2. The minimum atomic E-state index is -0.514. The lowest BCUT2D eigenvalue weighted by Crippen LogP contribution is -2.04. The molecule has 2 aromatic heterocycles. The van der Waals surface area contributed by atoms with Gasteiger partial charge in [0.2, 0.25) is 0 Å². The SMILES string of the molecule is COC(=O)c1sc2sc(C(=O)OC)c(N)c2c1N. The first-order valence-corrected chi connectivity index (χ1v) is 6.41. The van der Waals surface area contributed by atoms with Gasteiger partial charge in [0.1, 0.15) is 9.75 Å². The van der Waals surface area contributed by atoms with Crippen molar-refractivity contribution in [2.45, 2.75) is 0 Å². The van der Waals surface area contributed by atoms with Crippen molar-refractivity contribution in [3.63, 3.8) is 0 Å². The molecule has 0 atom stereocenters. The van der Waals surface area contributed by atoms with Crippen LogP contribution in [0.25, 0.3) is 9.40 Å². The molecule has 0 saturated carbocycles. The molecule has 0 fully saturated rings. The summed E-state index contributed by atoms with van der Waals surface area (Å²) in [5.74, 6) is -1.03. The molecule has 2 aromatic rings. The van der Waals surface area contributed by atoms with Crippen molar-refractivity contribution in [3.05, 3.63) is 9.75 Å². The van der Waals surface area contributed by atoms with Crippen LogP contribution in [0.5, 0.6) is 0 Å². The quantitative estimate of drug-likeness (QED) is 0.814. The maximum Gasteiger partial charge on any atom is 0.350 e. The first-order chi connectivity index (χ1) is 8.51. The van der Waals surface area contributed by atoms with E-state index in [0.29, 0.717) is 19.2 Å². The molecule has 0 amide bonds. The van der Waals surface area contributed by atoms with E-state index in [1.807, 2.05) is 0 Å². The number of nitrogens with two attached hydrogens (primary N) is 2. The number of fused-ring (bicyclic) bond motifs is 1. The number of thiophene rings is 2. The molecule has 0 aliphatic heterocycles. The zero-order valence-corrected chi connectivity index (χ0v) is 11.2. The van der Waals surface area contributed by atoms with Crippen molar-refractivity contribution in [3.8, 4) is 0 Å². The lowest BCUT2D eigenvalue weighted by atomic mass is 10.2. The number of carbonyl (C=O) groups excluding carboxylic acids is 2. The van der Waals surface area contributed by atoms with Crippen LogP contribution >= 0.6 is 22.7 Å². The predicted molar refractivity (Wildman–Crippen MR) is 71.2 cm³/mol. The summed E-state index contributed by atoms with van der Waals surface area (Å²) in [5.41, 5.74) is 12.2. The summed E-state index contributed by atoms with van der Waals surface area (Å²) in [7, 11) is 2.55. The Kier molecular flexibility index (Phi) is 3.14. The molecule has 0 aliphatic rings. The summed E-state index contributed by atoms with van der Waals surface area (Å²) in [6, 6.07) is 0. The Balaban J connectivity index is 2.65. The Labute approximate surface area is 110 Å². The molecular formula is C10H10N2O4S2. The van der Waals surface area contributed by atoms with Gasteiger partial charge in [-0.3, -0.25) is 0 Å². The fourth-order valence-corrected chi connectivity index (χ4v) is 3.94. The highest BCUT2D eigenvalue weighted by Crippen LogP contribution is 2.44. The van der Waals surface area contributed by atoms with Crippen molar-refractivity contribution in [1.29, 1.82) is 0 Å². The van der Waals surface area contributed by atoms with Crippen molar-refractivity contribution in [2.24, 2.45) is 0 Å². The van der Waals surface area contributed by atoms with Crippen molar-refractivity contribution >= 4 is 55.4 Å². The second-order valence-corrected chi connectivity index (χ2v) is 5.64. The van der Waals surface area contributed by atoms with Crippen LogP contribution < -0.4 is 11.5 Å². The van der Waals surface area contributed by atoms with E-state index in [2.05, 4.69) is 9.47 Å². The van der Waals surface area contributed by atoms with Gasteiger partial charge in [-0.25, -0.2) is 9.59 Å². The van der Waals surface area contributed by atoms with E-state index in [0.717, 1.165) is 22.7 Å². The molecular weight excluding hydrogens is 276 g/mol. The van der Waals surface area contributed by atoms with Gasteiger partial charge >= 0.3 is 11.9 Å². The third-order valence-electron chi connectivity index (χ3n) is 2.36. The number of esters is 2. The van der Waals surface area contributed by atoms with Crippen LogP contribution in [0.3, 0.4) is 0 Å². The molecule has 0 aromatic carbocycles. The Hall–Kier alpha value is -1.80. The first kappa shape index (κ1) is 12.7. The number of rotatable bonds is 2. The standard InChI is InChI=1S/C10H10N2O4S2/c1-15-8(13)6-4(11)3-5(12)7(9(14)16-2)18-10(3)17-6/h11-12H2,1-2H3. The maximum absolute atomic E-state index is 11.5. The van der Waals surface area contributed by atoms with Crippen molar-refractivity contribution in [1.82, 2.24) is 0 Å². The molecule has 0 bridgehead atoms. The van der Waals surface area contributed by atoms with Gasteiger partial charge in [-0.2, -0.15) is 0 Å². The zero-order chi connectivity index (χ0) is 13.4. The number of nitrogen functional groups attached to an aromatic ring is 2. The predicted octanol–water partition coefficient (Wildman–Crippen LogP) is 1.70. The molecule has 8 heteroatoms. The number of hydrogen-bond donors (Lipinski definition) is 2. The Morgan fingerprint density at radius 2 is 1.33 bits per heavy atom. The van der Waals surface area contributed by atoms with Gasteiger partial charge in [-0.15, -0.1) is 22.7 Å². The fraction of sp³-hybridized carbons (Fsp3) is 0.200. The topological polar surface area (TPSA) is 105 Å². The average Bonchev–Trinajstić information content (AvgIpc) is 2.86. The van der Waals surface area contributed by atoms with Crippen LogP contribution in [-0.4, -0.2) is 26.2 Å². The first-order valence-electron chi connectivity index (χ1n) is 4.78. The molecule has 0 radical (unpaired) electrons. The van der Waals surface area contributed by atoms with E-state index in [1.54, 1.807) is 0 Å². The summed E-state index contributed by atoms with van der Waals surface area (Å²) in [6.07, 6.45) is 0. The van der Waals surface area contributed by atoms with Gasteiger partial charge in [0.15, 0.2) is 0 Å². The van der Waals surface area contributed by atoms with Gasteiger partial charge in [0.25, 0.3) is 0 Å². The highest BCUT2D eigenvalue weighted by atomic mass is 32.2. The highest BCUT2D eigenvalue weighted by molar-refractivity contribution is 7.40. The highest BCUT2D eigenvalue weighted by Gasteiger charge is 2.25. The molecule has 96 valence electrons. The summed E-state index contributed by atoms with van der Waals surface area (Å²) in [4.78, 5) is 23.5. The lowest BCUT2D eigenvalue weighted by Gasteiger charge is -1.99. The largest absolute Gasteiger partial charge is 0.465 e. The molecule has 0 unspecified atom stereocenters. The van der Waals surface area contributed by atoms with Crippen molar-refractivity contribution < 1.29 is 19.1 Å². The van der Waals surface area contributed by atoms with Gasteiger partial charge in [0.05, 0.1) is 35.0 Å². The molecule has 2 heterocycles. The van der Waals surface area contributed by atoms with E-state index in [4.69, 9.17) is 11.5 Å². The summed E-state index contributed by atoms with van der Waals surface area (Å²) >= 11 is 2.30. The molecule has 0 spiro atoms. The van der Waals surface area contributed by atoms with Gasteiger partial charge in [0, 0.05) is 0 Å². The number of carbonyl (C=O) groups is 2. The Morgan fingerprint density at radius 3 is 1.61 bits per heavy atom. The molecule has 0 saturated heterocycles. The van der Waals surface area contributed by atoms with Gasteiger partial charge < -0.3 is 20.9 Å². The van der Waals surface area contributed by atoms with E-state index >= 15 is 0 Å². The molecule has 18 heavy (non-hydrogen) atoms. The van der Waals surface area contributed by atoms with Crippen LogP contribution in [0.2, 0.25) is 0 Å². The second kappa shape index (κ2) is 4.46. The third kappa shape index (κ3) is 1.70.